The number of fused-ring (bicyclic) bond motifs is 2. The van der Waals surface area contributed by atoms with E-state index in [9.17, 15) is 0 Å². The van der Waals surface area contributed by atoms with E-state index < -0.39 is 8.80 Å². The van der Waals surface area contributed by atoms with Crippen LogP contribution in [0.1, 0.15) is 36.8 Å². The van der Waals surface area contributed by atoms with E-state index in [2.05, 4.69) is 166 Å². The van der Waals surface area contributed by atoms with Crippen molar-refractivity contribution in [3.8, 4) is 0 Å². The molecule has 1 heteroatoms. The van der Waals surface area contributed by atoms with Gasteiger partial charge in [0.05, 0.1) is 8.80 Å². The molecular weight excluding hydrogens is 545 g/mol. The zero-order valence-electron chi connectivity index (χ0n) is 25.7. The SMILES string of the molecule is CC1=CC2=C(C=CC=CC2c2ccc3ccccc3c2)C1[Si](C)C1C(C)=CC2=C1C=CC=CC2c1ccc2ccccc2c1. The molecule has 0 heterocycles. The maximum absolute atomic E-state index is 2.59. The van der Waals surface area contributed by atoms with Crippen LogP contribution in [0.2, 0.25) is 17.6 Å². The summed E-state index contributed by atoms with van der Waals surface area (Å²) in [6.45, 7) is 7.36. The second-order valence-electron chi connectivity index (χ2n) is 12.9. The summed E-state index contributed by atoms with van der Waals surface area (Å²) in [6.07, 6.45) is 23.8. The number of rotatable bonds is 4. The van der Waals surface area contributed by atoms with E-state index in [0.717, 1.165) is 0 Å². The second-order valence-corrected chi connectivity index (χ2v) is 15.5. The zero-order valence-corrected chi connectivity index (χ0v) is 26.7. The van der Waals surface area contributed by atoms with Crippen LogP contribution < -0.4 is 0 Å². The average Bonchev–Trinajstić information content (AvgIpc) is 3.35. The molecule has 1 radical (unpaired) electrons. The van der Waals surface area contributed by atoms with Gasteiger partial charge in [-0.2, -0.15) is 0 Å². The molecule has 0 aliphatic heterocycles. The number of benzene rings is 4. The van der Waals surface area contributed by atoms with Gasteiger partial charge in [-0.3, -0.25) is 0 Å². The van der Waals surface area contributed by atoms with E-state index in [1.54, 1.807) is 0 Å². The summed E-state index contributed by atoms with van der Waals surface area (Å²) in [5.41, 5.74) is 12.8. The molecule has 0 saturated carbocycles. The highest BCUT2D eigenvalue weighted by atomic mass is 28.3. The van der Waals surface area contributed by atoms with Crippen LogP contribution in [0, 0.1) is 0 Å². The molecule has 0 aromatic heterocycles. The summed E-state index contributed by atoms with van der Waals surface area (Å²) >= 11 is 0. The molecule has 0 nitrogen and oxygen atoms in total. The summed E-state index contributed by atoms with van der Waals surface area (Å²) < 4.78 is 0. The first-order valence-electron chi connectivity index (χ1n) is 15.9. The molecule has 4 unspecified atom stereocenters. The van der Waals surface area contributed by atoms with Gasteiger partial charge >= 0.3 is 0 Å². The zero-order chi connectivity index (χ0) is 29.8. The Morgan fingerprint density at radius 2 is 0.909 bits per heavy atom. The summed E-state index contributed by atoms with van der Waals surface area (Å²) in [5.74, 6) is 0.544. The van der Waals surface area contributed by atoms with Gasteiger partial charge in [-0.1, -0.05) is 163 Å². The molecule has 0 amide bonds. The summed E-state index contributed by atoms with van der Waals surface area (Å²) in [7, 11) is -0.900. The van der Waals surface area contributed by atoms with Gasteiger partial charge in [-0.25, -0.2) is 0 Å². The third-order valence-corrected chi connectivity index (χ3v) is 13.5. The van der Waals surface area contributed by atoms with Crippen molar-refractivity contribution in [3.05, 3.63) is 190 Å². The van der Waals surface area contributed by atoms with Crippen LogP contribution in [0.3, 0.4) is 0 Å². The molecule has 4 atom stereocenters. The van der Waals surface area contributed by atoms with Crippen molar-refractivity contribution in [2.75, 3.05) is 0 Å². The van der Waals surface area contributed by atoms with E-state index in [0.29, 0.717) is 11.1 Å². The van der Waals surface area contributed by atoms with Crippen molar-refractivity contribution < 1.29 is 0 Å². The Morgan fingerprint density at radius 3 is 1.36 bits per heavy atom. The fraction of sp³-hybridized carbons (Fsp3) is 0.163. The molecular formula is C43H37Si. The van der Waals surface area contributed by atoms with Crippen molar-refractivity contribution in [1.29, 1.82) is 0 Å². The standard InChI is InChI=1S/C43H37Si/c1-28-24-40-36(34-22-20-30-12-4-6-14-32(30)26-34)16-8-10-18-38(40)42(28)44(3)43-29(2)25-41-37(17-9-11-19-39(41)43)35-23-21-31-13-5-7-15-33(31)27-35/h4-27,36-37,42-43H,1-3H3. The lowest BCUT2D eigenvalue weighted by atomic mass is 9.88. The molecule has 4 aliphatic rings. The Labute approximate surface area is 263 Å². The normalized spacial score (nSPS) is 24.2. The van der Waals surface area contributed by atoms with Gasteiger partial charge in [0.15, 0.2) is 0 Å². The maximum Gasteiger partial charge on any atom is 0.0717 e. The Bertz CT molecular complexity index is 1920. The first-order valence-corrected chi connectivity index (χ1v) is 18.1. The Morgan fingerprint density at radius 1 is 0.477 bits per heavy atom. The molecule has 4 aromatic carbocycles. The van der Waals surface area contributed by atoms with E-state index in [4.69, 9.17) is 0 Å². The van der Waals surface area contributed by atoms with E-state index in [1.807, 2.05) is 0 Å². The first-order chi connectivity index (χ1) is 21.6. The van der Waals surface area contributed by atoms with Gasteiger partial charge in [0.2, 0.25) is 0 Å². The topological polar surface area (TPSA) is 0 Å². The Balaban J connectivity index is 1.17. The van der Waals surface area contributed by atoms with Crippen molar-refractivity contribution in [1.82, 2.24) is 0 Å². The third-order valence-electron chi connectivity index (χ3n) is 10.2. The van der Waals surface area contributed by atoms with Crippen LogP contribution >= 0.6 is 0 Å². The molecule has 0 spiro atoms. The van der Waals surface area contributed by atoms with Crippen LogP contribution in [0.25, 0.3) is 21.5 Å². The Kier molecular flexibility index (Phi) is 6.72. The van der Waals surface area contributed by atoms with Crippen LogP contribution in [-0.2, 0) is 0 Å². The second kappa shape index (κ2) is 10.9. The molecule has 0 bridgehead atoms. The minimum atomic E-state index is -0.900. The quantitative estimate of drug-likeness (QED) is 0.210. The van der Waals surface area contributed by atoms with Gasteiger partial charge in [0, 0.05) is 11.8 Å². The predicted molar refractivity (Wildman–Crippen MR) is 191 cm³/mol. The van der Waals surface area contributed by atoms with Crippen molar-refractivity contribution in [3.63, 3.8) is 0 Å². The monoisotopic (exact) mass is 581 g/mol. The number of allylic oxidation sites excluding steroid dienone is 16. The van der Waals surface area contributed by atoms with Crippen LogP contribution in [-0.4, -0.2) is 8.80 Å². The number of hydrogen-bond acceptors (Lipinski definition) is 0. The largest absolute Gasteiger partial charge is 0.0726 e. The molecule has 8 rings (SSSR count). The molecule has 4 aromatic rings. The summed E-state index contributed by atoms with van der Waals surface area (Å²) in [6, 6.07) is 31.4. The van der Waals surface area contributed by atoms with Crippen LogP contribution in [0.5, 0.6) is 0 Å². The van der Waals surface area contributed by atoms with Gasteiger partial charge in [0.25, 0.3) is 0 Å². The highest BCUT2D eigenvalue weighted by Gasteiger charge is 2.41. The predicted octanol–water partition coefficient (Wildman–Crippen LogP) is 11.5. The smallest absolute Gasteiger partial charge is 0.0717 e. The summed E-state index contributed by atoms with van der Waals surface area (Å²) in [4.78, 5) is 0. The fourth-order valence-electron chi connectivity index (χ4n) is 8.21. The Hall–Kier alpha value is -4.46. The number of hydrogen-bond donors (Lipinski definition) is 0. The lowest BCUT2D eigenvalue weighted by molar-refractivity contribution is 1.00. The van der Waals surface area contributed by atoms with Crippen LogP contribution in [0.15, 0.2) is 179 Å². The summed E-state index contributed by atoms with van der Waals surface area (Å²) in [5, 5.41) is 5.23. The minimum Gasteiger partial charge on any atom is -0.0726 e. The van der Waals surface area contributed by atoms with Crippen molar-refractivity contribution >= 4 is 30.3 Å². The fourth-order valence-corrected chi connectivity index (χ4v) is 11.7. The van der Waals surface area contributed by atoms with Gasteiger partial charge in [0.1, 0.15) is 0 Å². The first kappa shape index (κ1) is 27.1. The van der Waals surface area contributed by atoms with Crippen LogP contribution in [0.4, 0.5) is 0 Å². The van der Waals surface area contributed by atoms with Gasteiger partial charge in [-0.15, -0.1) is 0 Å². The lowest BCUT2D eigenvalue weighted by Gasteiger charge is -2.30. The van der Waals surface area contributed by atoms with E-state index >= 15 is 0 Å². The molecule has 213 valence electrons. The molecule has 4 aliphatic carbocycles. The highest BCUT2D eigenvalue weighted by molar-refractivity contribution is 6.64. The van der Waals surface area contributed by atoms with Crippen molar-refractivity contribution in [2.45, 2.75) is 43.3 Å². The maximum atomic E-state index is 2.59. The lowest BCUT2D eigenvalue weighted by Crippen LogP contribution is -2.25. The minimum absolute atomic E-state index is 0.272. The van der Waals surface area contributed by atoms with E-state index in [-0.39, 0.29) is 11.8 Å². The molecule has 0 N–H and O–H groups in total. The van der Waals surface area contributed by atoms with Crippen molar-refractivity contribution in [2.24, 2.45) is 0 Å². The molecule has 44 heavy (non-hydrogen) atoms. The van der Waals surface area contributed by atoms with Gasteiger partial charge < -0.3 is 0 Å². The highest BCUT2D eigenvalue weighted by Crippen LogP contribution is 2.54. The third kappa shape index (κ3) is 4.50. The molecule has 0 fully saturated rings. The van der Waals surface area contributed by atoms with E-state index in [1.165, 1.54) is 66.1 Å². The average molecular weight is 582 g/mol. The van der Waals surface area contributed by atoms with Gasteiger partial charge in [-0.05, 0) is 79.9 Å². The molecule has 0 saturated heterocycles.